The maximum absolute atomic E-state index is 11.7. The fourth-order valence-electron chi connectivity index (χ4n) is 1.63. The van der Waals surface area contributed by atoms with Gasteiger partial charge in [0, 0.05) is 25.9 Å². The lowest BCUT2D eigenvalue weighted by Gasteiger charge is -2.17. The molecule has 0 bridgehead atoms. The van der Waals surface area contributed by atoms with E-state index in [9.17, 15) is 4.79 Å². The number of hydrogen-bond donors (Lipinski definition) is 0. The van der Waals surface area contributed by atoms with Crippen molar-refractivity contribution < 1.29 is 4.79 Å². The molecule has 2 nitrogen and oxygen atoms in total. The Balaban J connectivity index is 2.24. The average Bonchev–Trinajstić information content (AvgIpc) is 2.37. The predicted octanol–water partition coefficient (Wildman–Crippen LogP) is 3.10. The van der Waals surface area contributed by atoms with E-state index < -0.39 is 0 Å². The summed E-state index contributed by atoms with van der Waals surface area (Å²) < 4.78 is 0. The summed E-state index contributed by atoms with van der Waals surface area (Å²) in [4.78, 5) is 13.5. The number of benzene rings is 1. The summed E-state index contributed by atoms with van der Waals surface area (Å²) in [5, 5.41) is 0. The van der Waals surface area contributed by atoms with Crippen LogP contribution in [0.15, 0.2) is 30.3 Å². The van der Waals surface area contributed by atoms with Crippen LogP contribution in [0.25, 0.3) is 0 Å². The fraction of sp³-hybridized carbons (Fsp3) is 0.500. The number of carbonyl (C=O) groups excluding carboxylic acids is 1. The summed E-state index contributed by atoms with van der Waals surface area (Å²) in [5.41, 5.74) is 1.27. The lowest BCUT2D eigenvalue weighted by atomic mass is 10.1. The summed E-state index contributed by atoms with van der Waals surface area (Å²) >= 11 is 5.58. The number of carbonyl (C=O) groups is 1. The molecule has 0 heterocycles. The van der Waals surface area contributed by atoms with Crippen LogP contribution in [0.4, 0.5) is 0 Å². The Labute approximate surface area is 109 Å². The summed E-state index contributed by atoms with van der Waals surface area (Å²) in [6.07, 6.45) is 3.33. The first-order chi connectivity index (χ1) is 8.24. The lowest BCUT2D eigenvalue weighted by molar-refractivity contribution is -0.129. The summed E-state index contributed by atoms with van der Waals surface area (Å²) in [5.74, 6) is 0.854. The Hall–Kier alpha value is -1.02. The van der Waals surface area contributed by atoms with Crippen molar-refractivity contribution in [1.82, 2.24) is 4.90 Å². The van der Waals surface area contributed by atoms with Crippen molar-refractivity contribution >= 4 is 17.5 Å². The minimum atomic E-state index is 0.214. The highest BCUT2D eigenvalue weighted by Crippen LogP contribution is 2.04. The zero-order valence-electron chi connectivity index (χ0n) is 10.4. The van der Waals surface area contributed by atoms with E-state index in [1.165, 1.54) is 5.56 Å². The number of likely N-dealkylation sites (N-methyl/N-ethyl adjacent to an activating group) is 1. The Kier molecular flexibility index (Phi) is 6.71. The number of unbranched alkanes of at least 4 members (excludes halogenated alkanes) is 1. The molecule has 0 aliphatic carbocycles. The maximum atomic E-state index is 11.7. The van der Waals surface area contributed by atoms with Gasteiger partial charge >= 0.3 is 0 Å². The highest BCUT2D eigenvalue weighted by molar-refractivity contribution is 6.17. The Morgan fingerprint density at radius 2 is 1.94 bits per heavy atom. The van der Waals surface area contributed by atoms with Gasteiger partial charge in [-0.15, -0.1) is 11.6 Å². The van der Waals surface area contributed by atoms with E-state index in [0.717, 1.165) is 25.8 Å². The first-order valence-corrected chi connectivity index (χ1v) is 6.61. The number of alkyl halides is 1. The first-order valence-electron chi connectivity index (χ1n) is 6.08. The van der Waals surface area contributed by atoms with Crippen LogP contribution < -0.4 is 0 Å². The molecule has 0 unspecified atom stereocenters. The van der Waals surface area contributed by atoms with Gasteiger partial charge in [0.25, 0.3) is 0 Å². The molecule has 0 N–H and O–H groups in total. The second-order valence-corrected chi connectivity index (χ2v) is 4.57. The van der Waals surface area contributed by atoms with Crippen molar-refractivity contribution in [2.45, 2.75) is 25.7 Å². The smallest absolute Gasteiger partial charge is 0.222 e. The van der Waals surface area contributed by atoms with Crippen LogP contribution in [-0.4, -0.2) is 30.3 Å². The summed E-state index contributed by atoms with van der Waals surface area (Å²) in [6, 6.07) is 10.2. The Morgan fingerprint density at radius 1 is 1.24 bits per heavy atom. The van der Waals surface area contributed by atoms with E-state index in [4.69, 9.17) is 11.6 Å². The molecule has 1 aromatic carbocycles. The number of nitrogens with zero attached hydrogens (tertiary/aromatic N) is 1. The lowest BCUT2D eigenvalue weighted by Crippen LogP contribution is -2.28. The summed E-state index contributed by atoms with van der Waals surface area (Å²) in [7, 11) is 1.87. The molecule has 0 saturated carbocycles. The van der Waals surface area contributed by atoms with E-state index in [0.29, 0.717) is 12.3 Å². The van der Waals surface area contributed by atoms with Crippen LogP contribution in [0, 0.1) is 0 Å². The van der Waals surface area contributed by atoms with E-state index in [-0.39, 0.29) is 5.91 Å². The fourth-order valence-corrected chi connectivity index (χ4v) is 1.82. The van der Waals surface area contributed by atoms with Crippen LogP contribution in [0.2, 0.25) is 0 Å². The molecule has 0 spiro atoms. The normalized spacial score (nSPS) is 10.2. The Morgan fingerprint density at radius 3 is 2.59 bits per heavy atom. The van der Waals surface area contributed by atoms with Crippen molar-refractivity contribution in [3.63, 3.8) is 0 Å². The van der Waals surface area contributed by atoms with Crippen molar-refractivity contribution in [3.05, 3.63) is 35.9 Å². The molecule has 0 atom stereocenters. The van der Waals surface area contributed by atoms with Crippen LogP contribution in [0.3, 0.4) is 0 Å². The molecule has 0 radical (unpaired) electrons. The van der Waals surface area contributed by atoms with E-state index >= 15 is 0 Å². The van der Waals surface area contributed by atoms with Crippen LogP contribution in [0.1, 0.15) is 24.8 Å². The molecule has 0 aromatic heterocycles. The molecule has 1 amide bonds. The SMILES string of the molecule is CN(CCc1ccccc1)C(=O)CCCCCl. The minimum absolute atomic E-state index is 0.214. The third-order valence-electron chi connectivity index (χ3n) is 2.78. The zero-order chi connectivity index (χ0) is 12.5. The third kappa shape index (κ3) is 5.73. The highest BCUT2D eigenvalue weighted by atomic mass is 35.5. The molecular formula is C14H20ClNO. The van der Waals surface area contributed by atoms with Crippen molar-refractivity contribution in [2.24, 2.45) is 0 Å². The molecule has 0 aliphatic heterocycles. The van der Waals surface area contributed by atoms with Gasteiger partial charge in [0.05, 0.1) is 0 Å². The first kappa shape index (κ1) is 14.0. The van der Waals surface area contributed by atoms with Crippen LogP contribution in [0.5, 0.6) is 0 Å². The van der Waals surface area contributed by atoms with Gasteiger partial charge in [-0.3, -0.25) is 4.79 Å². The average molecular weight is 254 g/mol. The monoisotopic (exact) mass is 253 g/mol. The molecular weight excluding hydrogens is 234 g/mol. The molecule has 3 heteroatoms. The largest absolute Gasteiger partial charge is 0.345 e. The van der Waals surface area contributed by atoms with E-state index in [1.54, 1.807) is 4.90 Å². The van der Waals surface area contributed by atoms with Gasteiger partial charge in [0.15, 0.2) is 0 Å². The second-order valence-electron chi connectivity index (χ2n) is 4.20. The molecule has 0 aliphatic rings. The topological polar surface area (TPSA) is 20.3 Å². The molecule has 1 aromatic rings. The van der Waals surface area contributed by atoms with Crippen LogP contribution >= 0.6 is 11.6 Å². The number of hydrogen-bond acceptors (Lipinski definition) is 1. The van der Waals surface area contributed by atoms with Gasteiger partial charge in [-0.05, 0) is 24.8 Å². The second kappa shape index (κ2) is 8.13. The molecule has 0 saturated heterocycles. The van der Waals surface area contributed by atoms with E-state index in [2.05, 4.69) is 12.1 Å². The number of rotatable bonds is 7. The van der Waals surface area contributed by atoms with Crippen molar-refractivity contribution in [1.29, 1.82) is 0 Å². The van der Waals surface area contributed by atoms with E-state index in [1.807, 2.05) is 25.2 Å². The number of amides is 1. The zero-order valence-corrected chi connectivity index (χ0v) is 11.1. The van der Waals surface area contributed by atoms with Gasteiger partial charge in [-0.2, -0.15) is 0 Å². The van der Waals surface area contributed by atoms with Gasteiger partial charge in [0.2, 0.25) is 5.91 Å². The molecule has 94 valence electrons. The van der Waals surface area contributed by atoms with Gasteiger partial charge in [-0.25, -0.2) is 0 Å². The standard InChI is InChI=1S/C14H20ClNO/c1-16(14(17)9-5-6-11-15)12-10-13-7-3-2-4-8-13/h2-4,7-8H,5-6,9-12H2,1H3. The number of halogens is 1. The highest BCUT2D eigenvalue weighted by Gasteiger charge is 2.07. The van der Waals surface area contributed by atoms with Gasteiger partial charge in [-0.1, -0.05) is 30.3 Å². The van der Waals surface area contributed by atoms with Crippen LogP contribution in [-0.2, 0) is 11.2 Å². The predicted molar refractivity (Wildman–Crippen MR) is 72.4 cm³/mol. The quantitative estimate of drug-likeness (QED) is 0.540. The molecule has 17 heavy (non-hydrogen) atoms. The summed E-state index contributed by atoms with van der Waals surface area (Å²) in [6.45, 7) is 0.781. The van der Waals surface area contributed by atoms with Crippen molar-refractivity contribution in [3.8, 4) is 0 Å². The molecule has 1 rings (SSSR count). The van der Waals surface area contributed by atoms with Gasteiger partial charge in [0.1, 0.15) is 0 Å². The minimum Gasteiger partial charge on any atom is -0.345 e. The van der Waals surface area contributed by atoms with Gasteiger partial charge < -0.3 is 4.90 Å². The maximum Gasteiger partial charge on any atom is 0.222 e. The molecule has 0 fully saturated rings. The Bertz CT molecular complexity index is 326. The van der Waals surface area contributed by atoms with Crippen molar-refractivity contribution in [2.75, 3.05) is 19.5 Å². The third-order valence-corrected chi connectivity index (χ3v) is 3.05.